The number of alkyl halides is 3. The van der Waals surface area contributed by atoms with E-state index in [2.05, 4.69) is 21.3 Å². The molecule has 0 aliphatic heterocycles. The summed E-state index contributed by atoms with van der Waals surface area (Å²) in [5.41, 5.74) is 6.58. The minimum atomic E-state index is -4.93. The summed E-state index contributed by atoms with van der Waals surface area (Å²) in [6.45, 7) is 5.79. The Morgan fingerprint density at radius 2 is 1.15 bits per heavy atom. The van der Waals surface area contributed by atoms with Crippen LogP contribution in [0.25, 0.3) is 0 Å². The summed E-state index contributed by atoms with van der Waals surface area (Å²) in [5, 5.41) is 20.1. The van der Waals surface area contributed by atoms with Crippen molar-refractivity contribution >= 4 is 64.3 Å². The summed E-state index contributed by atoms with van der Waals surface area (Å²) < 4.78 is 81.3. The van der Waals surface area contributed by atoms with E-state index in [1.165, 1.54) is 54.6 Å². The van der Waals surface area contributed by atoms with E-state index >= 15 is 0 Å². The van der Waals surface area contributed by atoms with Crippen molar-refractivity contribution < 1.29 is 60.2 Å². The smallest absolute Gasteiger partial charge is 0.465 e. The van der Waals surface area contributed by atoms with Gasteiger partial charge in [0.1, 0.15) is 28.6 Å². The van der Waals surface area contributed by atoms with Crippen LogP contribution >= 0.6 is 11.6 Å². The molecule has 0 atom stereocenters. The van der Waals surface area contributed by atoms with Gasteiger partial charge in [0.05, 0.1) is 5.56 Å². The Labute approximate surface area is 355 Å². The molecule has 5 amide bonds. The maximum atomic E-state index is 13.6. The number of hydrogen-bond acceptors (Lipinski definition) is 7. The van der Waals surface area contributed by atoms with Crippen LogP contribution in [-0.2, 0) is 22.6 Å². The topological polar surface area (TPSA) is 201 Å². The molecule has 0 aliphatic carbocycles. The van der Waals surface area contributed by atoms with Gasteiger partial charge in [0.25, 0.3) is 11.8 Å². The Balaban J connectivity index is 0.000000255. The fraction of sp³-hybridized carbons (Fsp3) is 0.167. The van der Waals surface area contributed by atoms with Crippen molar-refractivity contribution in [2.24, 2.45) is 0 Å². The molecule has 62 heavy (non-hydrogen) atoms. The standard InChI is InChI=1S/C19H21FN2O3.C15H12F2N2O3.C8H6ClF3N2O/c1-19(2,3)25-18(24)21-12-13-8-10-14(11-9-13)22-17(23)15-6-4-5-7-16(15)20;16-11-2-1-3-12(17)13(11)14(20)19-10-6-4-9(5-7-10)8-18-15(21)22;9-4-1-5(13)3-6(2-4)14-7(15)8(10,11)12/h4-11H,12H2,1-3H3,(H,21,24)(H,22,23);1-7,18H,8H2,(H,19,20)(H,21,22);1-3H,13H2,(H,14,15). The lowest BCUT2D eigenvalue weighted by molar-refractivity contribution is -0.167. The Morgan fingerprint density at radius 1 is 0.645 bits per heavy atom. The van der Waals surface area contributed by atoms with Crippen LogP contribution in [0.5, 0.6) is 0 Å². The number of hydrogen-bond donors (Lipinski definition) is 7. The van der Waals surface area contributed by atoms with Crippen molar-refractivity contribution in [3.8, 4) is 0 Å². The molecular weight excluding hydrogens is 850 g/mol. The van der Waals surface area contributed by atoms with Crippen LogP contribution < -0.4 is 32.3 Å². The Hall–Kier alpha value is -7.28. The van der Waals surface area contributed by atoms with Gasteiger partial charge >= 0.3 is 24.3 Å². The van der Waals surface area contributed by atoms with Gasteiger partial charge in [-0.1, -0.05) is 54.1 Å². The van der Waals surface area contributed by atoms with Gasteiger partial charge in [-0.05, 0) is 98.6 Å². The average molecular weight is 889 g/mol. The lowest BCUT2D eigenvalue weighted by Gasteiger charge is -2.19. The molecule has 0 bridgehead atoms. The summed E-state index contributed by atoms with van der Waals surface area (Å²) in [4.78, 5) is 56.4. The van der Waals surface area contributed by atoms with Crippen molar-refractivity contribution in [2.45, 2.75) is 45.6 Å². The number of alkyl carbamates (subject to hydrolysis) is 1. The highest BCUT2D eigenvalue weighted by Gasteiger charge is 2.38. The highest BCUT2D eigenvalue weighted by Crippen LogP contribution is 2.23. The molecule has 328 valence electrons. The number of benzene rings is 5. The number of anilines is 4. The van der Waals surface area contributed by atoms with Crippen LogP contribution in [0, 0.1) is 17.5 Å². The van der Waals surface area contributed by atoms with Gasteiger partial charge in [-0.2, -0.15) is 13.2 Å². The lowest BCUT2D eigenvalue weighted by atomic mass is 10.1. The Morgan fingerprint density at radius 3 is 1.63 bits per heavy atom. The fourth-order valence-corrected chi connectivity index (χ4v) is 4.96. The highest BCUT2D eigenvalue weighted by atomic mass is 35.5. The molecular formula is C42H39ClF6N6O7. The number of amides is 5. The number of rotatable bonds is 9. The van der Waals surface area contributed by atoms with Gasteiger partial charge < -0.3 is 42.2 Å². The number of carbonyl (C=O) groups excluding carboxylic acids is 4. The van der Waals surface area contributed by atoms with E-state index in [1.54, 1.807) is 68.6 Å². The molecule has 20 heteroatoms. The second-order valence-electron chi connectivity index (χ2n) is 13.6. The molecule has 0 saturated carbocycles. The first kappa shape index (κ1) is 49.1. The quantitative estimate of drug-likeness (QED) is 0.0560. The predicted molar refractivity (Wildman–Crippen MR) is 220 cm³/mol. The number of nitrogen functional groups attached to an aromatic ring is 1. The molecule has 5 rings (SSSR count). The predicted octanol–water partition coefficient (Wildman–Crippen LogP) is 9.51. The van der Waals surface area contributed by atoms with E-state index in [4.69, 9.17) is 27.2 Å². The summed E-state index contributed by atoms with van der Waals surface area (Å²) in [6, 6.07) is 25.7. The summed E-state index contributed by atoms with van der Waals surface area (Å²) in [5.74, 6) is -5.94. The first-order valence-electron chi connectivity index (χ1n) is 17.9. The number of halogens is 7. The first-order chi connectivity index (χ1) is 29.0. The zero-order valence-corrected chi connectivity index (χ0v) is 33.7. The Kier molecular flexibility index (Phi) is 17.7. The molecule has 5 aromatic carbocycles. The van der Waals surface area contributed by atoms with Crippen molar-refractivity contribution in [3.05, 3.63) is 154 Å². The van der Waals surface area contributed by atoms with Crippen molar-refractivity contribution in [1.82, 2.24) is 10.6 Å². The monoisotopic (exact) mass is 888 g/mol. The number of nitrogens with one attached hydrogen (secondary N) is 5. The first-order valence-corrected chi connectivity index (χ1v) is 18.3. The van der Waals surface area contributed by atoms with E-state index in [0.717, 1.165) is 17.7 Å². The zero-order chi connectivity index (χ0) is 46.2. The largest absolute Gasteiger partial charge is 0.471 e. The molecule has 0 aliphatic rings. The number of carbonyl (C=O) groups is 5. The lowest BCUT2D eigenvalue weighted by Crippen LogP contribution is -2.32. The molecule has 8 N–H and O–H groups in total. The molecule has 5 aromatic rings. The molecule has 13 nitrogen and oxygen atoms in total. The second-order valence-corrected chi connectivity index (χ2v) is 14.1. The van der Waals surface area contributed by atoms with Gasteiger partial charge in [0.15, 0.2) is 0 Å². The molecule has 0 heterocycles. The molecule has 0 aromatic heterocycles. The minimum absolute atomic E-state index is 0.0156. The maximum Gasteiger partial charge on any atom is 0.471 e. The van der Waals surface area contributed by atoms with E-state index in [0.29, 0.717) is 23.5 Å². The van der Waals surface area contributed by atoms with Crippen molar-refractivity contribution in [3.63, 3.8) is 0 Å². The Bertz CT molecular complexity index is 2320. The van der Waals surface area contributed by atoms with Gasteiger partial charge in [-0.3, -0.25) is 14.4 Å². The van der Waals surface area contributed by atoms with Gasteiger partial charge in [-0.25, -0.2) is 22.8 Å². The van der Waals surface area contributed by atoms with Crippen LogP contribution in [-0.4, -0.2) is 46.8 Å². The third-order valence-electron chi connectivity index (χ3n) is 7.45. The molecule has 0 spiro atoms. The molecule has 0 unspecified atom stereocenters. The van der Waals surface area contributed by atoms with Gasteiger partial charge in [0, 0.05) is 40.9 Å². The third kappa shape index (κ3) is 17.1. The second kappa shape index (κ2) is 22.4. The summed E-state index contributed by atoms with van der Waals surface area (Å²) in [6.07, 6.45) is -6.58. The fourth-order valence-electron chi connectivity index (χ4n) is 4.72. The number of ether oxygens (including phenoxy) is 1. The zero-order valence-electron chi connectivity index (χ0n) is 32.9. The van der Waals surface area contributed by atoms with Crippen LogP contribution in [0.4, 0.5) is 58.7 Å². The van der Waals surface area contributed by atoms with Gasteiger partial charge in [-0.15, -0.1) is 0 Å². The highest BCUT2D eigenvalue weighted by molar-refractivity contribution is 6.31. The summed E-state index contributed by atoms with van der Waals surface area (Å²) >= 11 is 5.54. The number of nitrogens with two attached hydrogens (primary N) is 1. The third-order valence-corrected chi connectivity index (χ3v) is 7.67. The summed E-state index contributed by atoms with van der Waals surface area (Å²) in [7, 11) is 0. The number of carboxylic acid groups (broad SMARTS) is 1. The van der Waals surface area contributed by atoms with Gasteiger partial charge in [0.2, 0.25) is 0 Å². The van der Waals surface area contributed by atoms with Crippen LogP contribution in [0.2, 0.25) is 5.02 Å². The van der Waals surface area contributed by atoms with E-state index in [1.807, 2.05) is 0 Å². The van der Waals surface area contributed by atoms with Crippen LogP contribution in [0.15, 0.2) is 109 Å². The van der Waals surface area contributed by atoms with E-state index < -0.39 is 64.7 Å². The van der Waals surface area contributed by atoms with Crippen LogP contribution in [0.3, 0.4) is 0 Å². The van der Waals surface area contributed by atoms with Crippen molar-refractivity contribution in [1.29, 1.82) is 0 Å². The van der Waals surface area contributed by atoms with E-state index in [9.17, 15) is 50.3 Å². The average Bonchev–Trinajstić information content (AvgIpc) is 3.16. The molecule has 0 radical (unpaired) electrons. The van der Waals surface area contributed by atoms with Crippen LogP contribution in [0.1, 0.15) is 52.6 Å². The maximum absolute atomic E-state index is 13.6. The van der Waals surface area contributed by atoms with E-state index in [-0.39, 0.29) is 28.5 Å². The molecule has 0 saturated heterocycles. The SMILES string of the molecule is CC(C)(C)OC(=O)NCc1ccc(NC(=O)c2ccccc2F)cc1.Nc1cc(Cl)cc(NC(=O)C(F)(F)F)c1.O=C(O)NCc1ccc(NC(=O)c2c(F)cccc2F)cc1. The normalized spacial score (nSPS) is 10.7. The molecule has 0 fully saturated rings. The minimum Gasteiger partial charge on any atom is -0.465 e. The van der Waals surface area contributed by atoms with Crippen molar-refractivity contribution in [2.75, 3.05) is 21.7 Å².